The molecule has 0 heterocycles. The molecule has 0 aliphatic heterocycles. The summed E-state index contributed by atoms with van der Waals surface area (Å²) >= 11 is 4.22. The molecule has 0 saturated carbocycles. The molecule has 0 aliphatic carbocycles. The number of nitrogens with one attached hydrogen (secondary N) is 1. The molecule has 0 radical (unpaired) electrons. The highest BCUT2D eigenvalue weighted by atomic mass is 127. The van der Waals surface area contributed by atoms with Crippen molar-refractivity contribution < 1.29 is 9.53 Å². The summed E-state index contributed by atoms with van der Waals surface area (Å²) in [6.45, 7) is 0. The lowest BCUT2D eigenvalue weighted by molar-refractivity contribution is 0.0953. The Hall–Kier alpha value is -0.0900. The normalized spacial score (nSPS) is 9.71. The average molecular weight is 418 g/mol. The van der Waals surface area contributed by atoms with Crippen LogP contribution in [0.1, 0.15) is 10.4 Å². The smallest absolute Gasteiger partial charge is 0.265 e. The van der Waals surface area contributed by atoms with Crippen LogP contribution >= 0.6 is 45.2 Å². The summed E-state index contributed by atoms with van der Waals surface area (Å²) < 4.78 is 6.94. The summed E-state index contributed by atoms with van der Waals surface area (Å²) in [5.74, 6) is 5.51. The van der Waals surface area contributed by atoms with Crippen molar-refractivity contribution in [3.63, 3.8) is 0 Å². The fraction of sp³-hybridized carbons (Fsp3) is 0.125. The van der Waals surface area contributed by atoms with Gasteiger partial charge in [0.15, 0.2) is 0 Å². The van der Waals surface area contributed by atoms with Crippen LogP contribution in [0, 0.1) is 7.14 Å². The number of benzene rings is 1. The van der Waals surface area contributed by atoms with Gasteiger partial charge in [-0.15, -0.1) is 0 Å². The summed E-state index contributed by atoms with van der Waals surface area (Å²) in [5.41, 5.74) is 2.62. The third kappa shape index (κ3) is 2.48. The van der Waals surface area contributed by atoms with E-state index in [9.17, 15) is 4.79 Å². The molecule has 0 spiro atoms. The minimum atomic E-state index is -0.302. The fourth-order valence-electron chi connectivity index (χ4n) is 0.969. The number of hydrazine groups is 1. The van der Waals surface area contributed by atoms with E-state index in [0.29, 0.717) is 5.56 Å². The SMILES string of the molecule is COc1c(I)cc(C(=O)NN)cc1I. The number of hydrogen-bond donors (Lipinski definition) is 2. The molecule has 0 aromatic heterocycles. The minimum absolute atomic E-state index is 0.302. The zero-order valence-corrected chi connectivity index (χ0v) is 11.6. The van der Waals surface area contributed by atoms with Crippen LogP contribution in [0.3, 0.4) is 0 Å². The number of hydrogen-bond acceptors (Lipinski definition) is 3. The van der Waals surface area contributed by atoms with Gasteiger partial charge >= 0.3 is 0 Å². The summed E-state index contributed by atoms with van der Waals surface area (Å²) in [7, 11) is 1.60. The Balaban J connectivity index is 3.20. The van der Waals surface area contributed by atoms with Gasteiger partial charge in [-0.1, -0.05) is 0 Å². The van der Waals surface area contributed by atoms with Gasteiger partial charge < -0.3 is 4.74 Å². The molecule has 0 bridgehead atoms. The third-order valence-corrected chi connectivity index (χ3v) is 3.20. The molecule has 76 valence electrons. The Kier molecular flexibility index (Phi) is 4.38. The van der Waals surface area contributed by atoms with E-state index in [-0.39, 0.29) is 5.91 Å². The molecule has 1 rings (SSSR count). The third-order valence-electron chi connectivity index (χ3n) is 1.60. The van der Waals surface area contributed by atoms with Crippen LogP contribution in [-0.4, -0.2) is 13.0 Å². The van der Waals surface area contributed by atoms with Crippen LogP contribution < -0.4 is 16.0 Å². The van der Waals surface area contributed by atoms with Gasteiger partial charge in [0, 0.05) is 5.56 Å². The zero-order chi connectivity index (χ0) is 10.7. The molecule has 1 aromatic rings. The zero-order valence-electron chi connectivity index (χ0n) is 7.30. The van der Waals surface area contributed by atoms with E-state index in [0.717, 1.165) is 12.9 Å². The van der Waals surface area contributed by atoms with Crippen molar-refractivity contribution in [1.29, 1.82) is 0 Å². The highest BCUT2D eigenvalue weighted by Gasteiger charge is 2.11. The number of nitrogens with two attached hydrogens (primary N) is 1. The van der Waals surface area contributed by atoms with Gasteiger partial charge in [-0.25, -0.2) is 5.84 Å². The summed E-state index contributed by atoms with van der Waals surface area (Å²) in [6.07, 6.45) is 0. The molecule has 6 heteroatoms. The van der Waals surface area contributed by atoms with Crippen LogP contribution in [0.15, 0.2) is 12.1 Å². The Morgan fingerprint density at radius 3 is 2.29 bits per heavy atom. The Morgan fingerprint density at radius 1 is 1.43 bits per heavy atom. The van der Waals surface area contributed by atoms with Crippen molar-refractivity contribution in [2.75, 3.05) is 7.11 Å². The Morgan fingerprint density at radius 2 is 1.93 bits per heavy atom. The highest BCUT2D eigenvalue weighted by Crippen LogP contribution is 2.28. The van der Waals surface area contributed by atoms with Gasteiger partial charge in [0.2, 0.25) is 0 Å². The lowest BCUT2D eigenvalue weighted by Gasteiger charge is -2.08. The van der Waals surface area contributed by atoms with E-state index in [1.165, 1.54) is 0 Å². The summed E-state index contributed by atoms with van der Waals surface area (Å²) in [4.78, 5) is 11.2. The topological polar surface area (TPSA) is 64.3 Å². The molecule has 0 unspecified atom stereocenters. The van der Waals surface area contributed by atoms with Crippen molar-refractivity contribution in [2.24, 2.45) is 5.84 Å². The largest absolute Gasteiger partial charge is 0.495 e. The van der Waals surface area contributed by atoms with E-state index >= 15 is 0 Å². The molecule has 1 amide bonds. The first-order valence-corrected chi connectivity index (χ1v) is 5.80. The van der Waals surface area contributed by atoms with Crippen molar-refractivity contribution in [3.05, 3.63) is 24.8 Å². The Bertz CT molecular complexity index is 345. The maximum Gasteiger partial charge on any atom is 0.265 e. The van der Waals surface area contributed by atoms with Gasteiger partial charge in [0.05, 0.1) is 14.3 Å². The number of rotatable bonds is 2. The van der Waals surface area contributed by atoms with Gasteiger partial charge in [-0.2, -0.15) is 0 Å². The molecule has 0 aliphatic rings. The van der Waals surface area contributed by atoms with Crippen molar-refractivity contribution in [1.82, 2.24) is 5.43 Å². The molecule has 0 atom stereocenters. The van der Waals surface area contributed by atoms with Gasteiger partial charge in [0.1, 0.15) is 5.75 Å². The number of carbonyl (C=O) groups excluding carboxylic acids is 1. The second kappa shape index (κ2) is 5.12. The highest BCUT2D eigenvalue weighted by molar-refractivity contribution is 14.1. The number of carbonyl (C=O) groups is 1. The van der Waals surface area contributed by atoms with Gasteiger partial charge in [-0.05, 0) is 57.3 Å². The number of halogens is 2. The molecule has 0 fully saturated rings. The second-order valence-electron chi connectivity index (χ2n) is 2.45. The predicted molar refractivity (Wildman–Crippen MR) is 70.1 cm³/mol. The van der Waals surface area contributed by atoms with Crippen LogP contribution in [0.4, 0.5) is 0 Å². The quantitative estimate of drug-likeness (QED) is 0.332. The van der Waals surface area contributed by atoms with Crippen LogP contribution in [-0.2, 0) is 0 Å². The maximum absolute atomic E-state index is 11.2. The van der Waals surface area contributed by atoms with Gasteiger partial charge in [0.25, 0.3) is 5.91 Å². The fourth-order valence-corrected chi connectivity index (χ4v) is 3.18. The summed E-state index contributed by atoms with van der Waals surface area (Å²) in [6, 6.07) is 3.45. The number of methoxy groups -OCH3 is 1. The minimum Gasteiger partial charge on any atom is -0.495 e. The number of nitrogen functional groups attached to an aromatic ring is 1. The van der Waals surface area contributed by atoms with E-state index in [1.54, 1.807) is 19.2 Å². The first-order chi connectivity index (χ1) is 6.60. The first kappa shape index (κ1) is 12.0. The van der Waals surface area contributed by atoms with Crippen molar-refractivity contribution >= 4 is 51.1 Å². The van der Waals surface area contributed by atoms with E-state index in [4.69, 9.17) is 10.6 Å². The molecule has 3 N–H and O–H groups in total. The molecule has 4 nitrogen and oxygen atoms in total. The lowest BCUT2D eigenvalue weighted by atomic mass is 10.2. The lowest BCUT2D eigenvalue weighted by Crippen LogP contribution is -2.30. The molecule has 14 heavy (non-hydrogen) atoms. The standard InChI is InChI=1S/C8H8I2N2O2/c1-14-7-5(9)2-4(3-6(7)10)8(13)12-11/h2-3H,11H2,1H3,(H,12,13). The Labute approximate surface area is 109 Å². The van der Waals surface area contributed by atoms with E-state index in [2.05, 4.69) is 50.6 Å². The molecule has 1 aromatic carbocycles. The second-order valence-corrected chi connectivity index (χ2v) is 4.77. The maximum atomic E-state index is 11.2. The number of amides is 1. The molecular formula is C8H8I2N2O2. The van der Waals surface area contributed by atoms with Crippen LogP contribution in [0.25, 0.3) is 0 Å². The van der Waals surface area contributed by atoms with Gasteiger partial charge in [-0.3, -0.25) is 10.2 Å². The molecule has 0 saturated heterocycles. The van der Waals surface area contributed by atoms with Crippen molar-refractivity contribution in [2.45, 2.75) is 0 Å². The average Bonchev–Trinajstić information content (AvgIpc) is 2.16. The van der Waals surface area contributed by atoms with Crippen LogP contribution in [0.2, 0.25) is 0 Å². The van der Waals surface area contributed by atoms with Crippen molar-refractivity contribution in [3.8, 4) is 5.75 Å². The van der Waals surface area contributed by atoms with Crippen LogP contribution in [0.5, 0.6) is 5.75 Å². The first-order valence-electron chi connectivity index (χ1n) is 3.64. The van der Waals surface area contributed by atoms with E-state index < -0.39 is 0 Å². The predicted octanol–water partition coefficient (Wildman–Crippen LogP) is 1.51. The molecular weight excluding hydrogens is 410 g/mol. The van der Waals surface area contributed by atoms with E-state index in [1.807, 2.05) is 0 Å². The number of ether oxygens (including phenoxy) is 1. The monoisotopic (exact) mass is 418 g/mol. The summed E-state index contributed by atoms with van der Waals surface area (Å²) in [5, 5.41) is 0.